The van der Waals surface area contributed by atoms with E-state index in [4.69, 9.17) is 0 Å². The molecule has 2 amide bonds. The molecule has 6 nitrogen and oxygen atoms in total. The fourth-order valence-corrected chi connectivity index (χ4v) is 3.86. The second-order valence-corrected chi connectivity index (χ2v) is 6.96. The maximum Gasteiger partial charge on any atom is 0.320 e. The molecule has 1 unspecified atom stereocenters. The molecule has 24 heavy (non-hydrogen) atoms. The van der Waals surface area contributed by atoms with Gasteiger partial charge < -0.3 is 10.2 Å². The smallest absolute Gasteiger partial charge is 0.320 e. The van der Waals surface area contributed by atoms with Crippen LogP contribution in [0.3, 0.4) is 0 Å². The summed E-state index contributed by atoms with van der Waals surface area (Å²) < 4.78 is 0. The van der Waals surface area contributed by atoms with E-state index in [1.54, 1.807) is 0 Å². The molecule has 2 aliphatic rings. The molecule has 0 aromatic carbocycles. The van der Waals surface area contributed by atoms with Gasteiger partial charge in [-0.2, -0.15) is 0 Å². The standard InChI is InChI=1S/C18H29N5O/c1-2-15-10-6-7-13-23(15)17-12-11-16(21-22-17)20-18(24)19-14-8-4-3-5-9-14/h11-12,14-15H,2-10,13H2,1H3,(H2,19,20,21,24). The van der Waals surface area contributed by atoms with Gasteiger partial charge in [0, 0.05) is 18.6 Å². The van der Waals surface area contributed by atoms with Gasteiger partial charge in [0.25, 0.3) is 0 Å². The summed E-state index contributed by atoms with van der Waals surface area (Å²) in [6, 6.07) is 4.50. The third-order valence-corrected chi connectivity index (χ3v) is 5.23. The molecule has 2 N–H and O–H groups in total. The summed E-state index contributed by atoms with van der Waals surface area (Å²) in [5.74, 6) is 1.43. The number of nitrogens with one attached hydrogen (secondary N) is 2. The van der Waals surface area contributed by atoms with E-state index in [0.717, 1.165) is 31.6 Å². The first-order valence-electron chi connectivity index (χ1n) is 9.44. The zero-order chi connectivity index (χ0) is 16.8. The molecule has 1 atom stereocenters. The molecule has 0 radical (unpaired) electrons. The number of rotatable bonds is 4. The lowest BCUT2D eigenvalue weighted by Gasteiger charge is -2.35. The van der Waals surface area contributed by atoms with Gasteiger partial charge in [-0.1, -0.05) is 26.2 Å². The van der Waals surface area contributed by atoms with Gasteiger partial charge in [-0.15, -0.1) is 10.2 Å². The Morgan fingerprint density at radius 2 is 1.92 bits per heavy atom. The number of carbonyl (C=O) groups is 1. The topological polar surface area (TPSA) is 70.2 Å². The molecule has 1 aromatic heterocycles. The number of hydrogen-bond acceptors (Lipinski definition) is 4. The third kappa shape index (κ3) is 4.36. The zero-order valence-corrected chi connectivity index (χ0v) is 14.6. The maximum atomic E-state index is 12.1. The molecular weight excluding hydrogens is 302 g/mol. The number of urea groups is 1. The van der Waals surface area contributed by atoms with Crippen LogP contribution in [0.5, 0.6) is 0 Å². The quantitative estimate of drug-likeness (QED) is 0.882. The largest absolute Gasteiger partial charge is 0.352 e. The van der Waals surface area contributed by atoms with Crippen LogP contribution in [0.25, 0.3) is 0 Å². The highest BCUT2D eigenvalue weighted by Gasteiger charge is 2.22. The Labute approximate surface area is 144 Å². The van der Waals surface area contributed by atoms with Crippen molar-refractivity contribution < 1.29 is 4.79 Å². The first kappa shape index (κ1) is 17.0. The Bertz CT molecular complexity index is 527. The van der Waals surface area contributed by atoms with Crippen molar-refractivity contribution in [3.05, 3.63) is 12.1 Å². The zero-order valence-electron chi connectivity index (χ0n) is 14.6. The van der Waals surface area contributed by atoms with Crippen LogP contribution in [0.4, 0.5) is 16.4 Å². The fourth-order valence-electron chi connectivity index (χ4n) is 3.86. The third-order valence-electron chi connectivity index (χ3n) is 5.23. The van der Waals surface area contributed by atoms with Gasteiger partial charge in [0.2, 0.25) is 0 Å². The predicted octanol–water partition coefficient (Wildman–Crippen LogP) is 3.70. The summed E-state index contributed by atoms with van der Waals surface area (Å²) >= 11 is 0. The van der Waals surface area contributed by atoms with E-state index in [-0.39, 0.29) is 6.03 Å². The van der Waals surface area contributed by atoms with Gasteiger partial charge in [-0.3, -0.25) is 5.32 Å². The van der Waals surface area contributed by atoms with Crippen molar-refractivity contribution in [2.45, 2.75) is 76.8 Å². The second-order valence-electron chi connectivity index (χ2n) is 6.96. The predicted molar refractivity (Wildman–Crippen MR) is 96.3 cm³/mol. The van der Waals surface area contributed by atoms with Crippen molar-refractivity contribution in [2.24, 2.45) is 0 Å². The number of piperidine rings is 1. The van der Waals surface area contributed by atoms with Crippen LogP contribution in [0.15, 0.2) is 12.1 Å². The highest BCUT2D eigenvalue weighted by atomic mass is 16.2. The molecular formula is C18H29N5O. The molecule has 3 rings (SSSR count). The van der Waals surface area contributed by atoms with E-state index < -0.39 is 0 Å². The summed E-state index contributed by atoms with van der Waals surface area (Å²) in [5.41, 5.74) is 0. The molecule has 1 saturated heterocycles. The van der Waals surface area contributed by atoms with E-state index in [2.05, 4.69) is 32.7 Å². The Morgan fingerprint density at radius 1 is 1.12 bits per heavy atom. The van der Waals surface area contributed by atoms with Gasteiger partial charge in [0.1, 0.15) is 0 Å². The number of hydrogen-bond donors (Lipinski definition) is 2. The average Bonchev–Trinajstić information content (AvgIpc) is 2.63. The lowest BCUT2D eigenvalue weighted by atomic mass is 9.96. The van der Waals surface area contributed by atoms with Crippen molar-refractivity contribution >= 4 is 17.7 Å². The maximum absolute atomic E-state index is 12.1. The lowest BCUT2D eigenvalue weighted by molar-refractivity contribution is 0.244. The SMILES string of the molecule is CCC1CCCCN1c1ccc(NC(=O)NC2CCCCC2)nn1. The molecule has 2 fully saturated rings. The molecule has 1 saturated carbocycles. The number of nitrogens with zero attached hydrogens (tertiary/aromatic N) is 3. The van der Waals surface area contributed by atoms with Gasteiger partial charge in [-0.25, -0.2) is 4.79 Å². The highest BCUT2D eigenvalue weighted by molar-refractivity contribution is 5.88. The minimum Gasteiger partial charge on any atom is -0.352 e. The van der Waals surface area contributed by atoms with Crippen molar-refractivity contribution in [1.29, 1.82) is 0 Å². The highest BCUT2D eigenvalue weighted by Crippen LogP contribution is 2.25. The number of carbonyl (C=O) groups excluding carboxylic acids is 1. The summed E-state index contributed by atoms with van der Waals surface area (Å²) in [5, 5.41) is 14.4. The summed E-state index contributed by atoms with van der Waals surface area (Å²) in [6.45, 7) is 3.27. The second kappa shape index (κ2) is 8.31. The Kier molecular flexibility index (Phi) is 5.88. The summed E-state index contributed by atoms with van der Waals surface area (Å²) in [4.78, 5) is 14.4. The van der Waals surface area contributed by atoms with Crippen LogP contribution < -0.4 is 15.5 Å². The van der Waals surface area contributed by atoms with E-state index >= 15 is 0 Å². The van der Waals surface area contributed by atoms with Crippen LogP contribution in [0.1, 0.15) is 64.7 Å². The first-order chi connectivity index (χ1) is 11.8. The monoisotopic (exact) mass is 331 g/mol. The molecule has 0 spiro atoms. The van der Waals surface area contributed by atoms with Gasteiger partial charge >= 0.3 is 6.03 Å². The Balaban J connectivity index is 1.54. The van der Waals surface area contributed by atoms with E-state index in [9.17, 15) is 4.79 Å². The molecule has 132 valence electrons. The molecule has 2 heterocycles. The van der Waals surface area contributed by atoms with Gasteiger partial charge in [0.15, 0.2) is 11.6 Å². The fraction of sp³-hybridized carbons (Fsp3) is 0.722. The number of anilines is 2. The molecule has 1 aromatic rings. The van der Waals surface area contributed by atoms with Gasteiger partial charge in [-0.05, 0) is 50.7 Å². The van der Waals surface area contributed by atoms with Crippen LogP contribution in [-0.2, 0) is 0 Å². The minimum atomic E-state index is -0.173. The molecule has 1 aliphatic carbocycles. The van der Waals surface area contributed by atoms with E-state index in [1.807, 2.05) is 12.1 Å². The van der Waals surface area contributed by atoms with Crippen LogP contribution >= 0.6 is 0 Å². The van der Waals surface area contributed by atoms with Crippen molar-refractivity contribution in [3.63, 3.8) is 0 Å². The molecule has 0 bridgehead atoms. The number of amides is 2. The van der Waals surface area contributed by atoms with Crippen LogP contribution in [0.2, 0.25) is 0 Å². The summed E-state index contributed by atoms with van der Waals surface area (Å²) in [7, 11) is 0. The van der Waals surface area contributed by atoms with Crippen molar-refractivity contribution in [2.75, 3.05) is 16.8 Å². The van der Waals surface area contributed by atoms with Crippen molar-refractivity contribution in [3.8, 4) is 0 Å². The Morgan fingerprint density at radius 3 is 2.62 bits per heavy atom. The average molecular weight is 331 g/mol. The molecule has 6 heteroatoms. The van der Waals surface area contributed by atoms with Crippen LogP contribution in [0, 0.1) is 0 Å². The van der Waals surface area contributed by atoms with Crippen LogP contribution in [-0.4, -0.2) is 34.9 Å². The van der Waals surface area contributed by atoms with E-state index in [1.165, 1.54) is 38.5 Å². The lowest BCUT2D eigenvalue weighted by Crippen LogP contribution is -2.40. The Hall–Kier alpha value is -1.85. The number of aromatic nitrogens is 2. The van der Waals surface area contributed by atoms with Gasteiger partial charge in [0.05, 0.1) is 0 Å². The first-order valence-corrected chi connectivity index (χ1v) is 9.44. The van der Waals surface area contributed by atoms with Crippen molar-refractivity contribution in [1.82, 2.24) is 15.5 Å². The minimum absolute atomic E-state index is 0.173. The normalized spacial score (nSPS) is 22.2. The van der Waals surface area contributed by atoms with E-state index in [0.29, 0.717) is 17.9 Å². The molecule has 1 aliphatic heterocycles. The summed E-state index contributed by atoms with van der Waals surface area (Å²) in [6.07, 6.45) is 10.7.